The van der Waals surface area contributed by atoms with Gasteiger partial charge in [0.2, 0.25) is 11.6 Å². The van der Waals surface area contributed by atoms with Gasteiger partial charge in [-0.05, 0) is 31.3 Å². The van der Waals surface area contributed by atoms with Gasteiger partial charge < -0.3 is 15.7 Å². The van der Waals surface area contributed by atoms with E-state index in [-0.39, 0.29) is 23.5 Å². The lowest BCUT2D eigenvalue weighted by Gasteiger charge is -2.44. The highest BCUT2D eigenvalue weighted by Crippen LogP contribution is 2.40. The number of hydrogen-bond acceptors (Lipinski definition) is 7. The number of amidine groups is 1. The molecule has 9 heteroatoms. The number of carbonyl (C=O) groups excluding carboxylic acids is 1. The molecule has 1 aromatic carbocycles. The number of carboxylic acids is 1. The molecular formula is C15H16N6O3. The predicted molar refractivity (Wildman–Crippen MR) is 87.1 cm³/mol. The number of nitrogens with zero attached hydrogens (tertiary/aromatic N) is 4. The fraction of sp³-hybridized carbons (Fsp3) is 0.333. The number of fused-ring (bicyclic) bond motifs is 1. The van der Waals surface area contributed by atoms with Gasteiger partial charge in [-0.15, -0.1) is 0 Å². The minimum absolute atomic E-state index is 0.0318. The quantitative estimate of drug-likeness (QED) is 0.644. The van der Waals surface area contributed by atoms with E-state index < -0.39 is 11.6 Å². The van der Waals surface area contributed by atoms with Gasteiger partial charge >= 0.3 is 5.97 Å². The Morgan fingerprint density at radius 3 is 2.79 bits per heavy atom. The number of nitrogens with one attached hydrogen (secondary N) is 1. The number of benzene rings is 1. The number of likely N-dealkylation sites (N-methyl/N-ethyl adjacent to an activating group) is 1. The van der Waals surface area contributed by atoms with Crippen LogP contribution < -0.4 is 16.0 Å². The third-order valence-electron chi connectivity index (χ3n) is 4.82. The number of nitrogens with two attached hydrogens (primary N) is 1. The molecule has 2 atom stereocenters. The highest BCUT2D eigenvalue weighted by molar-refractivity contribution is 6.25. The Kier molecular flexibility index (Phi) is 2.91. The van der Waals surface area contributed by atoms with E-state index in [1.54, 1.807) is 12.1 Å². The van der Waals surface area contributed by atoms with E-state index in [0.29, 0.717) is 18.9 Å². The Hall–Kier alpha value is -2.94. The number of carbonyl (C=O) groups is 2. The lowest BCUT2D eigenvalue weighted by molar-refractivity contribution is -0.127. The number of hydrogen-bond donors (Lipinski definition) is 3. The van der Waals surface area contributed by atoms with Crippen LogP contribution in [-0.2, 0) is 4.79 Å². The van der Waals surface area contributed by atoms with Crippen LogP contribution in [0.15, 0.2) is 34.3 Å². The highest BCUT2D eigenvalue weighted by atomic mass is 16.4. The number of aliphatic imine (C=N–C) groups is 2. The van der Waals surface area contributed by atoms with Crippen molar-refractivity contribution in [1.29, 1.82) is 0 Å². The molecule has 1 amide bonds. The molecule has 1 saturated heterocycles. The van der Waals surface area contributed by atoms with Gasteiger partial charge in [0.25, 0.3) is 5.91 Å². The van der Waals surface area contributed by atoms with E-state index in [1.165, 1.54) is 12.1 Å². The standard InChI is InChI=1S/C15H16N6O3/c1-20-10-6-17-12-15(20,13(24)19-14(16)18-12)21(7-10)9-4-2-8(3-5-9)11(22)23/h2-5,10H,6-7H2,1H3,(H,22,23)(H3,16,17,18,19,24). The maximum atomic E-state index is 12.9. The summed E-state index contributed by atoms with van der Waals surface area (Å²) in [6.45, 7) is 1.11. The summed E-state index contributed by atoms with van der Waals surface area (Å²) in [7, 11) is 1.86. The number of carboxylic acid groups (broad SMARTS) is 1. The molecule has 4 N–H and O–H groups in total. The van der Waals surface area contributed by atoms with Crippen molar-refractivity contribution in [2.45, 2.75) is 11.7 Å². The van der Waals surface area contributed by atoms with Crippen molar-refractivity contribution in [2.75, 3.05) is 25.0 Å². The van der Waals surface area contributed by atoms with Gasteiger partial charge in [0.15, 0.2) is 5.84 Å². The summed E-state index contributed by atoms with van der Waals surface area (Å²) in [4.78, 5) is 36.4. The second-order valence-corrected chi connectivity index (χ2v) is 6.02. The van der Waals surface area contributed by atoms with Gasteiger partial charge in [0.1, 0.15) is 0 Å². The average Bonchev–Trinajstić information content (AvgIpc) is 2.72. The molecule has 1 fully saturated rings. The lowest BCUT2D eigenvalue weighted by atomic mass is 10.0. The van der Waals surface area contributed by atoms with E-state index in [2.05, 4.69) is 15.3 Å². The summed E-state index contributed by atoms with van der Waals surface area (Å²) in [6.07, 6.45) is 0. The second kappa shape index (κ2) is 4.78. The van der Waals surface area contributed by atoms with Crippen molar-refractivity contribution in [3.05, 3.63) is 29.8 Å². The fourth-order valence-electron chi connectivity index (χ4n) is 3.60. The van der Waals surface area contributed by atoms with Gasteiger partial charge in [0, 0.05) is 18.3 Å². The molecule has 0 aromatic heterocycles. The van der Waals surface area contributed by atoms with Crippen molar-refractivity contribution in [2.24, 2.45) is 15.7 Å². The summed E-state index contributed by atoms with van der Waals surface area (Å²) >= 11 is 0. The first kappa shape index (κ1) is 14.6. The second-order valence-electron chi connectivity index (χ2n) is 6.02. The summed E-state index contributed by atoms with van der Waals surface area (Å²) in [5.41, 5.74) is 5.44. The van der Waals surface area contributed by atoms with Gasteiger partial charge in [0.05, 0.1) is 12.1 Å². The van der Waals surface area contributed by atoms with Crippen LogP contribution >= 0.6 is 0 Å². The molecule has 0 aliphatic carbocycles. The molecule has 2 unspecified atom stereocenters. The Labute approximate surface area is 137 Å². The van der Waals surface area contributed by atoms with E-state index in [1.807, 2.05) is 16.8 Å². The van der Waals surface area contributed by atoms with Crippen molar-refractivity contribution < 1.29 is 14.7 Å². The van der Waals surface area contributed by atoms with Gasteiger partial charge in [-0.2, -0.15) is 4.99 Å². The number of anilines is 1. The smallest absolute Gasteiger partial charge is 0.335 e. The predicted octanol–water partition coefficient (Wildman–Crippen LogP) is -0.942. The Morgan fingerprint density at radius 2 is 2.12 bits per heavy atom. The molecule has 4 rings (SSSR count). The van der Waals surface area contributed by atoms with E-state index >= 15 is 0 Å². The zero-order valence-electron chi connectivity index (χ0n) is 12.9. The topological polar surface area (TPSA) is 124 Å². The molecule has 124 valence electrons. The first-order valence-corrected chi connectivity index (χ1v) is 7.49. The molecule has 2 bridgehead atoms. The monoisotopic (exact) mass is 328 g/mol. The largest absolute Gasteiger partial charge is 0.478 e. The van der Waals surface area contributed by atoms with Crippen LogP contribution in [0.5, 0.6) is 0 Å². The normalized spacial score (nSPS) is 28.8. The fourth-order valence-corrected chi connectivity index (χ4v) is 3.60. The van der Waals surface area contributed by atoms with Crippen molar-refractivity contribution in [3.8, 4) is 0 Å². The first-order valence-electron chi connectivity index (χ1n) is 7.49. The van der Waals surface area contributed by atoms with Crippen LogP contribution in [0.4, 0.5) is 5.69 Å². The van der Waals surface area contributed by atoms with Gasteiger partial charge in [-0.25, -0.2) is 4.79 Å². The van der Waals surface area contributed by atoms with Crippen LogP contribution in [0, 0.1) is 0 Å². The number of amides is 1. The summed E-state index contributed by atoms with van der Waals surface area (Å²) in [5, 5.41) is 11.6. The van der Waals surface area contributed by atoms with Crippen LogP contribution in [-0.4, -0.2) is 65.5 Å². The summed E-state index contributed by atoms with van der Waals surface area (Å²) in [6, 6.07) is 6.49. The number of rotatable bonds is 2. The Bertz CT molecular complexity index is 802. The van der Waals surface area contributed by atoms with E-state index in [4.69, 9.17) is 10.8 Å². The lowest BCUT2D eigenvalue weighted by Crippen LogP contribution is -2.72. The van der Waals surface area contributed by atoms with Crippen LogP contribution in [0.3, 0.4) is 0 Å². The minimum atomic E-state index is -1.16. The van der Waals surface area contributed by atoms with Gasteiger partial charge in [-0.3, -0.25) is 20.0 Å². The third-order valence-corrected chi connectivity index (χ3v) is 4.82. The molecule has 9 nitrogen and oxygen atoms in total. The van der Waals surface area contributed by atoms with Crippen LogP contribution in [0.25, 0.3) is 0 Å². The van der Waals surface area contributed by atoms with Crippen molar-refractivity contribution in [1.82, 2.24) is 10.2 Å². The molecule has 1 aromatic rings. The Balaban J connectivity index is 1.84. The van der Waals surface area contributed by atoms with E-state index in [0.717, 1.165) is 5.69 Å². The molecule has 3 aliphatic heterocycles. The maximum Gasteiger partial charge on any atom is 0.335 e. The van der Waals surface area contributed by atoms with Gasteiger partial charge in [-0.1, -0.05) is 0 Å². The first-order chi connectivity index (χ1) is 11.4. The Morgan fingerprint density at radius 1 is 1.42 bits per heavy atom. The van der Waals surface area contributed by atoms with Crippen molar-refractivity contribution in [3.63, 3.8) is 0 Å². The SMILES string of the molecule is CN1C2CN=C3N=C(N)NC(=O)C31N(c1ccc(C(=O)O)cc1)C2. The molecule has 1 spiro atoms. The zero-order chi connectivity index (χ0) is 17.1. The summed E-state index contributed by atoms with van der Waals surface area (Å²) in [5.74, 6) is -0.903. The zero-order valence-corrected chi connectivity index (χ0v) is 12.9. The van der Waals surface area contributed by atoms with Crippen LogP contribution in [0.2, 0.25) is 0 Å². The highest BCUT2D eigenvalue weighted by Gasteiger charge is 2.62. The summed E-state index contributed by atoms with van der Waals surface area (Å²) < 4.78 is 0. The molecular weight excluding hydrogens is 312 g/mol. The molecule has 24 heavy (non-hydrogen) atoms. The van der Waals surface area contributed by atoms with Crippen molar-refractivity contribution >= 4 is 29.4 Å². The third kappa shape index (κ3) is 1.72. The maximum absolute atomic E-state index is 12.9. The minimum Gasteiger partial charge on any atom is -0.478 e. The molecule has 0 saturated carbocycles. The van der Waals surface area contributed by atoms with Crippen LogP contribution in [0.1, 0.15) is 10.4 Å². The number of guanidine groups is 1. The number of aromatic carboxylic acids is 1. The molecule has 3 heterocycles. The molecule has 3 aliphatic rings. The van der Waals surface area contributed by atoms with E-state index in [9.17, 15) is 9.59 Å². The molecule has 0 radical (unpaired) electrons. The average molecular weight is 328 g/mol.